The highest BCUT2D eigenvalue weighted by Crippen LogP contribution is 2.10. The molecule has 1 aromatic heterocycles. The molecule has 0 aliphatic rings. The van der Waals surface area contributed by atoms with Crippen molar-refractivity contribution < 1.29 is 13.6 Å². The molecule has 0 N–H and O–H groups in total. The molecular formula is C10H7F2N3O. The van der Waals surface area contributed by atoms with Gasteiger partial charge in [-0.05, 0) is 6.07 Å². The second-order valence-corrected chi connectivity index (χ2v) is 3.19. The quantitative estimate of drug-likeness (QED) is 0.739. The van der Waals surface area contributed by atoms with Gasteiger partial charge in [-0.2, -0.15) is 0 Å². The first-order valence-electron chi connectivity index (χ1n) is 4.48. The Labute approximate surface area is 89.5 Å². The lowest BCUT2D eigenvalue weighted by Gasteiger charge is -2.02. The summed E-state index contributed by atoms with van der Waals surface area (Å²) in [4.78, 5) is 10.3. The Morgan fingerprint density at radius 2 is 2.19 bits per heavy atom. The van der Waals surface area contributed by atoms with Gasteiger partial charge in [-0.15, -0.1) is 5.10 Å². The summed E-state index contributed by atoms with van der Waals surface area (Å²) in [6.45, 7) is 0.104. The fraction of sp³-hybridized carbons (Fsp3) is 0.100. The van der Waals surface area contributed by atoms with E-state index in [1.54, 1.807) is 0 Å². The molecule has 0 bridgehead atoms. The molecule has 82 valence electrons. The van der Waals surface area contributed by atoms with E-state index in [4.69, 9.17) is 0 Å². The Morgan fingerprint density at radius 3 is 2.81 bits per heavy atom. The van der Waals surface area contributed by atoms with E-state index in [-0.39, 0.29) is 17.8 Å². The molecule has 0 unspecified atom stereocenters. The summed E-state index contributed by atoms with van der Waals surface area (Å²) < 4.78 is 27.2. The molecule has 0 radical (unpaired) electrons. The van der Waals surface area contributed by atoms with Gasteiger partial charge in [-0.3, -0.25) is 4.79 Å². The van der Waals surface area contributed by atoms with Crippen molar-refractivity contribution in [2.75, 3.05) is 0 Å². The fourth-order valence-electron chi connectivity index (χ4n) is 1.27. The van der Waals surface area contributed by atoms with Crippen molar-refractivity contribution in [3.8, 4) is 0 Å². The van der Waals surface area contributed by atoms with Crippen molar-refractivity contribution in [2.45, 2.75) is 6.54 Å². The van der Waals surface area contributed by atoms with E-state index in [9.17, 15) is 13.6 Å². The second kappa shape index (κ2) is 4.18. The lowest BCUT2D eigenvalue weighted by Crippen LogP contribution is -2.03. The molecule has 2 aromatic rings. The number of nitrogens with zero attached hydrogens (tertiary/aromatic N) is 3. The highest BCUT2D eigenvalue weighted by atomic mass is 19.1. The van der Waals surface area contributed by atoms with Crippen LogP contribution >= 0.6 is 0 Å². The van der Waals surface area contributed by atoms with Crippen molar-refractivity contribution in [3.05, 3.63) is 47.3 Å². The molecule has 6 heteroatoms. The van der Waals surface area contributed by atoms with Gasteiger partial charge in [-0.25, -0.2) is 13.5 Å². The maximum atomic E-state index is 13.3. The van der Waals surface area contributed by atoms with Crippen molar-refractivity contribution in [1.29, 1.82) is 0 Å². The molecule has 0 aliphatic heterocycles. The van der Waals surface area contributed by atoms with Gasteiger partial charge in [0.1, 0.15) is 17.3 Å². The summed E-state index contributed by atoms with van der Waals surface area (Å²) in [5, 5.41) is 7.15. The molecule has 0 aliphatic carbocycles. The third kappa shape index (κ3) is 2.10. The van der Waals surface area contributed by atoms with E-state index in [0.29, 0.717) is 6.29 Å². The molecule has 0 amide bonds. The molecule has 1 aromatic carbocycles. The third-order valence-electron chi connectivity index (χ3n) is 2.02. The number of hydrogen-bond donors (Lipinski definition) is 0. The molecule has 0 saturated carbocycles. The maximum Gasteiger partial charge on any atom is 0.171 e. The molecule has 0 spiro atoms. The first-order valence-corrected chi connectivity index (χ1v) is 4.48. The number of benzene rings is 1. The van der Waals surface area contributed by atoms with Crippen molar-refractivity contribution >= 4 is 6.29 Å². The molecule has 16 heavy (non-hydrogen) atoms. The van der Waals surface area contributed by atoms with Gasteiger partial charge >= 0.3 is 0 Å². The summed E-state index contributed by atoms with van der Waals surface area (Å²) in [7, 11) is 0. The number of carbonyl (C=O) groups excluding carboxylic acids is 1. The van der Waals surface area contributed by atoms with Crippen LogP contribution < -0.4 is 0 Å². The Balaban J connectivity index is 2.23. The average Bonchev–Trinajstić information content (AvgIpc) is 2.70. The number of carbonyl (C=O) groups is 1. The zero-order valence-electron chi connectivity index (χ0n) is 8.10. The van der Waals surface area contributed by atoms with Crippen molar-refractivity contribution in [3.63, 3.8) is 0 Å². The molecule has 1 heterocycles. The number of aldehydes is 1. The van der Waals surface area contributed by atoms with Crippen LogP contribution in [0, 0.1) is 11.6 Å². The van der Waals surface area contributed by atoms with Crippen molar-refractivity contribution in [2.24, 2.45) is 0 Å². The van der Waals surface area contributed by atoms with E-state index in [1.807, 2.05) is 0 Å². The number of halogens is 2. The Hall–Kier alpha value is -2.11. The van der Waals surface area contributed by atoms with Gasteiger partial charge in [0.2, 0.25) is 0 Å². The highest BCUT2D eigenvalue weighted by Gasteiger charge is 2.06. The third-order valence-corrected chi connectivity index (χ3v) is 2.02. The van der Waals surface area contributed by atoms with Crippen LogP contribution in [-0.4, -0.2) is 21.3 Å². The van der Waals surface area contributed by atoms with Gasteiger partial charge < -0.3 is 0 Å². The number of aromatic nitrogens is 3. The van der Waals surface area contributed by atoms with Crippen LogP contribution in [-0.2, 0) is 6.54 Å². The normalized spacial score (nSPS) is 10.4. The average molecular weight is 223 g/mol. The number of rotatable bonds is 3. The Morgan fingerprint density at radius 1 is 1.38 bits per heavy atom. The zero-order chi connectivity index (χ0) is 11.5. The van der Waals surface area contributed by atoms with Gasteiger partial charge in [0.25, 0.3) is 0 Å². The first kappa shape index (κ1) is 10.4. The van der Waals surface area contributed by atoms with Crippen LogP contribution in [0.25, 0.3) is 0 Å². The van der Waals surface area contributed by atoms with E-state index in [1.165, 1.54) is 16.9 Å². The summed E-state index contributed by atoms with van der Waals surface area (Å²) in [6, 6.07) is 3.29. The summed E-state index contributed by atoms with van der Waals surface area (Å²) in [6.07, 6.45) is 1.93. The van der Waals surface area contributed by atoms with E-state index < -0.39 is 11.6 Å². The smallest absolute Gasteiger partial charge is 0.171 e. The lowest BCUT2D eigenvalue weighted by molar-refractivity contribution is 0.111. The monoisotopic (exact) mass is 223 g/mol. The number of hydrogen-bond acceptors (Lipinski definition) is 3. The van der Waals surface area contributed by atoms with Gasteiger partial charge in [0.05, 0.1) is 12.7 Å². The van der Waals surface area contributed by atoms with Crippen LogP contribution in [0.15, 0.2) is 24.4 Å². The fourth-order valence-corrected chi connectivity index (χ4v) is 1.27. The summed E-state index contributed by atoms with van der Waals surface area (Å²) in [5.41, 5.74) is 0.450. The van der Waals surface area contributed by atoms with E-state index >= 15 is 0 Å². The second-order valence-electron chi connectivity index (χ2n) is 3.19. The SMILES string of the molecule is O=Cc1cn(Cc2ccc(F)cc2F)nn1. The van der Waals surface area contributed by atoms with Crippen LogP contribution in [0.4, 0.5) is 8.78 Å². The topological polar surface area (TPSA) is 47.8 Å². The molecule has 4 nitrogen and oxygen atoms in total. The minimum absolute atomic E-state index is 0.104. The van der Waals surface area contributed by atoms with Crippen molar-refractivity contribution in [1.82, 2.24) is 15.0 Å². The molecule has 0 atom stereocenters. The molecule has 0 saturated heterocycles. The van der Waals surface area contributed by atoms with Gasteiger partial charge in [0, 0.05) is 11.6 Å². The summed E-state index contributed by atoms with van der Waals surface area (Å²) >= 11 is 0. The maximum absolute atomic E-state index is 13.3. The summed E-state index contributed by atoms with van der Waals surface area (Å²) in [5.74, 6) is -1.28. The predicted octanol–water partition coefficient (Wildman–Crippen LogP) is 1.42. The molecule has 0 fully saturated rings. The highest BCUT2D eigenvalue weighted by molar-refractivity contribution is 5.70. The Bertz CT molecular complexity index is 525. The first-order chi connectivity index (χ1) is 7.69. The largest absolute Gasteiger partial charge is 0.296 e. The van der Waals surface area contributed by atoms with E-state index in [0.717, 1.165) is 12.1 Å². The van der Waals surface area contributed by atoms with E-state index in [2.05, 4.69) is 10.3 Å². The molecule has 2 rings (SSSR count). The predicted molar refractivity (Wildman–Crippen MR) is 50.9 cm³/mol. The minimum Gasteiger partial charge on any atom is -0.296 e. The Kier molecular flexibility index (Phi) is 2.72. The van der Waals surface area contributed by atoms with Crippen LogP contribution in [0.5, 0.6) is 0 Å². The van der Waals surface area contributed by atoms with Crippen LogP contribution in [0.2, 0.25) is 0 Å². The zero-order valence-corrected chi connectivity index (χ0v) is 8.10. The standard InChI is InChI=1S/C10H7F2N3O/c11-8-2-1-7(10(12)3-8)4-15-5-9(6-16)13-14-15/h1-3,5-6H,4H2. The van der Waals surface area contributed by atoms with Gasteiger partial charge in [-0.1, -0.05) is 11.3 Å². The van der Waals surface area contributed by atoms with Gasteiger partial charge in [0.15, 0.2) is 6.29 Å². The minimum atomic E-state index is -0.650. The molecular weight excluding hydrogens is 216 g/mol. The van der Waals surface area contributed by atoms with Crippen LogP contribution in [0.3, 0.4) is 0 Å². The lowest BCUT2D eigenvalue weighted by atomic mass is 10.2. The van der Waals surface area contributed by atoms with Crippen LogP contribution in [0.1, 0.15) is 16.1 Å².